The fourth-order valence-corrected chi connectivity index (χ4v) is 4.88. The van der Waals surface area contributed by atoms with Crippen molar-refractivity contribution in [2.45, 2.75) is 58.9 Å². The second-order valence-corrected chi connectivity index (χ2v) is 9.79. The van der Waals surface area contributed by atoms with Gasteiger partial charge in [0.2, 0.25) is 0 Å². The van der Waals surface area contributed by atoms with Crippen molar-refractivity contribution < 1.29 is 19.4 Å². The first kappa shape index (κ1) is 23.6. The number of piperidine rings is 1. The molecule has 1 fully saturated rings. The van der Waals surface area contributed by atoms with E-state index in [0.29, 0.717) is 31.8 Å². The van der Waals surface area contributed by atoms with E-state index in [0.717, 1.165) is 47.6 Å². The van der Waals surface area contributed by atoms with Crippen molar-refractivity contribution >= 4 is 16.8 Å². The topological polar surface area (TPSA) is 90.9 Å². The highest BCUT2D eigenvalue weighted by Crippen LogP contribution is 2.32. The van der Waals surface area contributed by atoms with Crippen molar-refractivity contribution in [1.29, 1.82) is 0 Å². The van der Waals surface area contributed by atoms with Crippen LogP contribution in [0.3, 0.4) is 0 Å². The van der Waals surface area contributed by atoms with Gasteiger partial charge in [-0.2, -0.15) is 5.10 Å². The molecule has 1 aromatic heterocycles. The monoisotopic (exact) mass is 478 g/mol. The molecule has 3 heterocycles. The summed E-state index contributed by atoms with van der Waals surface area (Å²) < 4.78 is 11.7. The van der Waals surface area contributed by atoms with Crippen molar-refractivity contribution in [2.75, 3.05) is 26.2 Å². The number of hydrogen-bond donors (Lipinski definition) is 2. The second kappa shape index (κ2) is 10.3. The zero-order chi connectivity index (χ0) is 24.4. The van der Waals surface area contributed by atoms with Gasteiger partial charge in [-0.15, -0.1) is 0 Å². The summed E-state index contributed by atoms with van der Waals surface area (Å²) in [5.41, 5.74) is 3.87. The van der Waals surface area contributed by atoms with E-state index >= 15 is 0 Å². The lowest BCUT2D eigenvalue weighted by Crippen LogP contribution is -2.33. The van der Waals surface area contributed by atoms with Crippen molar-refractivity contribution in [3.63, 3.8) is 0 Å². The number of benzene rings is 2. The predicted octanol–water partition coefficient (Wildman–Crippen LogP) is 4.21. The van der Waals surface area contributed by atoms with E-state index in [9.17, 15) is 9.90 Å². The molecule has 3 aromatic rings. The number of phenols is 1. The van der Waals surface area contributed by atoms with Crippen molar-refractivity contribution in [1.82, 2.24) is 20.0 Å². The molecule has 8 heteroatoms. The molecule has 2 N–H and O–H groups in total. The molecule has 0 spiro atoms. The minimum absolute atomic E-state index is 0.0554. The standard InChI is InChI=1S/C27H34N4O4/c1-18(2)35-17-25-22-13-23(26(32)14-24(22)28-29-25)27(33)31-15-19-6-7-21(12-20(19)16-31)34-11-10-30-8-4-3-5-9-30/h6-7,12-14,18,32H,3-5,8-11,15-17H2,1-2H3,(H,28,29). The Morgan fingerprint density at radius 1 is 1.11 bits per heavy atom. The maximum atomic E-state index is 13.4. The molecule has 186 valence electrons. The van der Waals surface area contributed by atoms with Gasteiger partial charge in [-0.1, -0.05) is 12.5 Å². The molecule has 0 unspecified atom stereocenters. The van der Waals surface area contributed by atoms with E-state index in [2.05, 4.69) is 15.1 Å². The molecule has 1 amide bonds. The van der Waals surface area contributed by atoms with Crippen molar-refractivity contribution in [3.8, 4) is 11.5 Å². The zero-order valence-corrected chi connectivity index (χ0v) is 20.5. The number of aromatic amines is 1. The Balaban J connectivity index is 1.25. The molecule has 35 heavy (non-hydrogen) atoms. The molecule has 2 aliphatic rings. The van der Waals surface area contributed by atoms with Crippen LogP contribution in [-0.2, 0) is 24.4 Å². The molecule has 0 atom stereocenters. The van der Waals surface area contributed by atoms with E-state index in [4.69, 9.17) is 9.47 Å². The number of rotatable bonds is 8. The predicted molar refractivity (Wildman–Crippen MR) is 133 cm³/mol. The number of nitrogens with zero attached hydrogens (tertiary/aromatic N) is 3. The summed E-state index contributed by atoms with van der Waals surface area (Å²) >= 11 is 0. The lowest BCUT2D eigenvalue weighted by Gasteiger charge is -2.26. The third-order valence-electron chi connectivity index (χ3n) is 6.85. The van der Waals surface area contributed by atoms with Crippen LogP contribution in [0.1, 0.15) is 60.3 Å². The molecule has 2 aromatic carbocycles. The normalized spacial score (nSPS) is 16.3. The molecule has 2 aliphatic heterocycles. The van der Waals surface area contributed by atoms with E-state index in [1.54, 1.807) is 17.0 Å². The minimum Gasteiger partial charge on any atom is -0.507 e. The zero-order valence-electron chi connectivity index (χ0n) is 20.5. The van der Waals surface area contributed by atoms with Crippen LogP contribution in [0.25, 0.3) is 10.9 Å². The van der Waals surface area contributed by atoms with Gasteiger partial charge in [-0.25, -0.2) is 0 Å². The number of ether oxygens (including phenoxy) is 2. The highest BCUT2D eigenvalue weighted by atomic mass is 16.5. The fourth-order valence-electron chi connectivity index (χ4n) is 4.88. The Morgan fingerprint density at radius 2 is 1.91 bits per heavy atom. The second-order valence-electron chi connectivity index (χ2n) is 9.79. The number of carbonyl (C=O) groups is 1. The summed E-state index contributed by atoms with van der Waals surface area (Å²) in [4.78, 5) is 17.6. The minimum atomic E-state index is -0.204. The summed E-state index contributed by atoms with van der Waals surface area (Å²) in [7, 11) is 0. The number of nitrogens with one attached hydrogen (secondary N) is 1. The molecule has 1 saturated heterocycles. The van der Waals surface area contributed by atoms with E-state index in [-0.39, 0.29) is 23.3 Å². The highest BCUT2D eigenvalue weighted by Gasteiger charge is 2.27. The third kappa shape index (κ3) is 5.28. The third-order valence-corrected chi connectivity index (χ3v) is 6.85. The number of carbonyl (C=O) groups excluding carboxylic acids is 1. The first-order valence-electron chi connectivity index (χ1n) is 12.6. The Morgan fingerprint density at radius 3 is 2.71 bits per heavy atom. The van der Waals surface area contributed by atoms with Crippen molar-refractivity contribution in [2.24, 2.45) is 0 Å². The van der Waals surface area contributed by atoms with Crippen LogP contribution in [0.15, 0.2) is 30.3 Å². The SMILES string of the molecule is CC(C)OCc1n[nH]c2cc(O)c(C(=O)N3Cc4ccc(OCCN5CCCCC5)cc4C3)cc12. The molecular formula is C27H34N4O4. The van der Waals surface area contributed by atoms with E-state index < -0.39 is 0 Å². The number of amides is 1. The van der Waals surface area contributed by atoms with Gasteiger partial charge in [-0.3, -0.25) is 14.8 Å². The van der Waals surface area contributed by atoms with Crippen LogP contribution in [0.4, 0.5) is 0 Å². The van der Waals surface area contributed by atoms with Gasteiger partial charge in [-0.05, 0) is 69.1 Å². The number of likely N-dealkylation sites (tertiary alicyclic amines) is 1. The number of phenolic OH excluding ortho intramolecular Hbond substituents is 1. The highest BCUT2D eigenvalue weighted by molar-refractivity contribution is 6.01. The van der Waals surface area contributed by atoms with Gasteiger partial charge < -0.3 is 19.5 Å². The van der Waals surface area contributed by atoms with E-state index in [1.807, 2.05) is 32.0 Å². The Hall–Kier alpha value is -3.10. The summed E-state index contributed by atoms with van der Waals surface area (Å²) in [5, 5.41) is 18.6. The smallest absolute Gasteiger partial charge is 0.258 e. The van der Waals surface area contributed by atoms with Crippen LogP contribution in [0.5, 0.6) is 11.5 Å². The average Bonchev–Trinajstić information content (AvgIpc) is 3.45. The summed E-state index contributed by atoms with van der Waals surface area (Å²) in [6.07, 6.45) is 3.96. The Labute approximate surface area is 205 Å². The summed E-state index contributed by atoms with van der Waals surface area (Å²) in [5.74, 6) is 0.581. The van der Waals surface area contributed by atoms with Crippen LogP contribution in [-0.4, -0.2) is 63.4 Å². The number of fused-ring (bicyclic) bond motifs is 2. The lowest BCUT2D eigenvalue weighted by molar-refractivity contribution is 0.0642. The number of aromatic hydroxyl groups is 1. The Kier molecular flexibility index (Phi) is 6.92. The quantitative estimate of drug-likeness (QED) is 0.504. The van der Waals surface area contributed by atoms with Crippen LogP contribution < -0.4 is 4.74 Å². The lowest BCUT2D eigenvalue weighted by atomic mass is 10.1. The van der Waals surface area contributed by atoms with Crippen LogP contribution in [0, 0.1) is 0 Å². The summed E-state index contributed by atoms with van der Waals surface area (Å²) in [6, 6.07) is 9.34. The van der Waals surface area contributed by atoms with E-state index in [1.165, 1.54) is 19.3 Å². The number of H-pyrrole nitrogens is 1. The largest absolute Gasteiger partial charge is 0.507 e. The number of hydrogen-bond acceptors (Lipinski definition) is 6. The number of aromatic nitrogens is 2. The molecule has 0 saturated carbocycles. The van der Waals surface area contributed by atoms with Gasteiger partial charge in [0, 0.05) is 31.1 Å². The molecule has 8 nitrogen and oxygen atoms in total. The van der Waals surface area contributed by atoms with Gasteiger partial charge in [0.25, 0.3) is 5.91 Å². The maximum Gasteiger partial charge on any atom is 0.258 e. The maximum absolute atomic E-state index is 13.4. The van der Waals surface area contributed by atoms with Gasteiger partial charge in [0.1, 0.15) is 18.1 Å². The van der Waals surface area contributed by atoms with Crippen molar-refractivity contribution in [3.05, 3.63) is 52.7 Å². The first-order valence-corrected chi connectivity index (χ1v) is 12.6. The fraction of sp³-hybridized carbons (Fsp3) is 0.481. The van der Waals surface area contributed by atoms with Gasteiger partial charge in [0.05, 0.1) is 29.5 Å². The molecule has 0 aliphatic carbocycles. The summed E-state index contributed by atoms with van der Waals surface area (Å²) in [6.45, 7) is 9.20. The first-order chi connectivity index (χ1) is 17.0. The Bertz CT molecular complexity index is 1200. The molecule has 0 bridgehead atoms. The molecule has 0 radical (unpaired) electrons. The molecule has 5 rings (SSSR count). The molecular weight excluding hydrogens is 444 g/mol. The van der Waals surface area contributed by atoms with Gasteiger partial charge >= 0.3 is 0 Å². The van der Waals surface area contributed by atoms with Crippen LogP contribution in [0.2, 0.25) is 0 Å². The average molecular weight is 479 g/mol. The van der Waals surface area contributed by atoms with Gasteiger partial charge in [0.15, 0.2) is 0 Å². The van der Waals surface area contributed by atoms with Crippen LogP contribution >= 0.6 is 0 Å².